The molecule has 0 spiro atoms. The molecule has 194 valence electrons. The number of thioether (sulfide) groups is 2. The first kappa shape index (κ1) is 25.6. The van der Waals surface area contributed by atoms with E-state index in [-0.39, 0.29) is 23.1 Å². The number of para-hydroxylation sites is 1. The molecule has 4 heterocycles. The van der Waals surface area contributed by atoms with Gasteiger partial charge >= 0.3 is 5.97 Å². The van der Waals surface area contributed by atoms with Crippen molar-refractivity contribution in [3.05, 3.63) is 65.2 Å². The molecular formula is C22H18N8O5S3. The fourth-order valence-electron chi connectivity index (χ4n) is 3.63. The van der Waals surface area contributed by atoms with Crippen LogP contribution in [0.3, 0.4) is 0 Å². The van der Waals surface area contributed by atoms with E-state index in [4.69, 9.17) is 10.6 Å². The second kappa shape index (κ2) is 11.2. The smallest absolute Gasteiger partial charge is 0.352 e. The van der Waals surface area contributed by atoms with Gasteiger partial charge in [-0.25, -0.2) is 14.8 Å². The molecule has 0 saturated carbocycles. The Morgan fingerprint density at radius 3 is 2.82 bits per heavy atom. The van der Waals surface area contributed by atoms with Gasteiger partial charge in [0.05, 0.1) is 0 Å². The largest absolute Gasteiger partial charge is 0.477 e. The zero-order valence-electron chi connectivity index (χ0n) is 19.3. The molecule has 1 unspecified atom stereocenters. The van der Waals surface area contributed by atoms with Gasteiger partial charge in [0, 0.05) is 17.7 Å². The van der Waals surface area contributed by atoms with Gasteiger partial charge in [-0.15, -0.1) is 22.0 Å². The first-order chi connectivity index (χ1) is 18.4. The number of nitrogens with two attached hydrogens (primary N) is 1. The molecular weight excluding hydrogens is 552 g/mol. The third-order valence-electron chi connectivity index (χ3n) is 5.34. The number of nitrogens with one attached hydrogen (secondary N) is 1. The standard InChI is InChI=1S/C22H18N8O5S3/c23-13-6-7-24-17(26-13)14(29-35-12-4-2-1-3-5-12)18(31)27-15-19(32)30-16(21(33)34)11(8-36-20(15)30)9-37-22-28-25-10-38-22/h1-7,10,15,20H,8-9H2,(H,27,31)(H,33,34)(H2,23,24,26)/t15?,20-/m1/s1. The highest BCUT2D eigenvalue weighted by molar-refractivity contribution is 8.01. The summed E-state index contributed by atoms with van der Waals surface area (Å²) in [7, 11) is 0. The minimum atomic E-state index is -1.21. The molecule has 1 fully saturated rings. The second-order valence-electron chi connectivity index (χ2n) is 7.76. The molecule has 16 heteroatoms. The van der Waals surface area contributed by atoms with E-state index < -0.39 is 29.2 Å². The Morgan fingerprint density at radius 1 is 1.29 bits per heavy atom. The minimum absolute atomic E-state index is 0.0817. The summed E-state index contributed by atoms with van der Waals surface area (Å²) in [6, 6.07) is 9.01. The zero-order valence-corrected chi connectivity index (χ0v) is 21.7. The van der Waals surface area contributed by atoms with E-state index >= 15 is 0 Å². The highest BCUT2D eigenvalue weighted by Gasteiger charge is 2.54. The van der Waals surface area contributed by atoms with Gasteiger partial charge < -0.3 is 21.0 Å². The van der Waals surface area contributed by atoms with E-state index in [1.54, 1.807) is 35.8 Å². The lowest BCUT2D eigenvalue weighted by atomic mass is 10.0. The number of benzene rings is 1. The van der Waals surface area contributed by atoms with Crippen molar-refractivity contribution in [1.82, 2.24) is 30.4 Å². The van der Waals surface area contributed by atoms with Crippen LogP contribution >= 0.6 is 34.9 Å². The SMILES string of the molecule is Nc1ccnc(C(=NOc2ccccc2)C(=O)NC2C(=O)N3C(C(=O)O)=C(CSc4nncs4)CS[C@H]23)n1. The van der Waals surface area contributed by atoms with Crippen molar-refractivity contribution in [3.63, 3.8) is 0 Å². The van der Waals surface area contributed by atoms with Gasteiger partial charge in [-0.1, -0.05) is 46.5 Å². The van der Waals surface area contributed by atoms with Gasteiger partial charge in [0.1, 0.15) is 28.4 Å². The van der Waals surface area contributed by atoms with Crippen LogP contribution in [0.1, 0.15) is 5.82 Å². The van der Waals surface area contributed by atoms with Gasteiger partial charge in [-0.2, -0.15) is 0 Å². The Kier molecular flexibility index (Phi) is 7.52. The van der Waals surface area contributed by atoms with Crippen molar-refractivity contribution in [1.29, 1.82) is 0 Å². The van der Waals surface area contributed by atoms with Crippen molar-refractivity contribution in [2.45, 2.75) is 15.8 Å². The van der Waals surface area contributed by atoms with Crippen LogP contribution in [-0.4, -0.2) is 76.6 Å². The summed E-state index contributed by atoms with van der Waals surface area (Å²) in [5.41, 5.74) is 7.55. The number of carboxylic acids is 1. The lowest BCUT2D eigenvalue weighted by molar-refractivity contribution is -0.150. The highest BCUT2D eigenvalue weighted by atomic mass is 32.2. The molecule has 2 aliphatic rings. The van der Waals surface area contributed by atoms with E-state index in [0.717, 1.165) is 0 Å². The third-order valence-corrected chi connectivity index (χ3v) is 8.62. The summed E-state index contributed by atoms with van der Waals surface area (Å²) in [6.07, 6.45) is 1.36. The molecule has 2 atom stereocenters. The van der Waals surface area contributed by atoms with Crippen molar-refractivity contribution in [2.75, 3.05) is 17.2 Å². The van der Waals surface area contributed by atoms with Crippen LogP contribution in [0.15, 0.2) is 68.9 Å². The number of hydrogen-bond acceptors (Lipinski definition) is 13. The summed E-state index contributed by atoms with van der Waals surface area (Å²) in [6.45, 7) is 0. The Balaban J connectivity index is 1.34. The quantitative estimate of drug-likeness (QED) is 0.145. The first-order valence-electron chi connectivity index (χ1n) is 10.9. The molecule has 2 aromatic heterocycles. The number of carbonyl (C=O) groups excluding carboxylic acids is 2. The molecule has 4 N–H and O–H groups in total. The van der Waals surface area contributed by atoms with E-state index in [1.807, 2.05) is 0 Å². The molecule has 13 nitrogen and oxygen atoms in total. The van der Waals surface area contributed by atoms with Gasteiger partial charge in [-0.05, 0) is 23.8 Å². The van der Waals surface area contributed by atoms with Crippen molar-refractivity contribution >= 4 is 64.2 Å². The van der Waals surface area contributed by atoms with Crippen LogP contribution in [-0.2, 0) is 14.4 Å². The van der Waals surface area contributed by atoms with E-state index in [0.29, 0.717) is 27.2 Å². The second-order valence-corrected chi connectivity index (χ2v) is 10.9. The van der Waals surface area contributed by atoms with Crippen LogP contribution < -0.4 is 15.9 Å². The highest BCUT2D eigenvalue weighted by Crippen LogP contribution is 2.41. The molecule has 1 aromatic carbocycles. The number of hydrogen-bond donors (Lipinski definition) is 3. The number of rotatable bonds is 9. The number of β-lactam (4-membered cyclic amide) rings is 1. The number of anilines is 1. The van der Waals surface area contributed by atoms with Crippen LogP contribution in [0.25, 0.3) is 0 Å². The number of aliphatic carboxylic acids is 1. The average molecular weight is 571 g/mol. The number of nitrogens with zero attached hydrogens (tertiary/aromatic N) is 6. The van der Waals surface area contributed by atoms with Crippen LogP contribution in [0, 0.1) is 0 Å². The fourth-order valence-corrected chi connectivity index (χ4v) is 6.60. The molecule has 2 aliphatic heterocycles. The van der Waals surface area contributed by atoms with E-state index in [9.17, 15) is 19.5 Å². The molecule has 5 rings (SSSR count). The van der Waals surface area contributed by atoms with Gasteiger partial charge in [0.25, 0.3) is 11.8 Å². The molecule has 0 radical (unpaired) electrons. The fraction of sp³-hybridized carbons (Fsp3) is 0.182. The van der Waals surface area contributed by atoms with Crippen LogP contribution in [0.2, 0.25) is 0 Å². The molecule has 1 saturated heterocycles. The van der Waals surface area contributed by atoms with Gasteiger partial charge in [0.2, 0.25) is 5.71 Å². The maximum Gasteiger partial charge on any atom is 0.352 e. The zero-order chi connectivity index (χ0) is 26.6. The maximum absolute atomic E-state index is 13.2. The summed E-state index contributed by atoms with van der Waals surface area (Å²) in [5, 5.41) is 23.5. The number of carbonyl (C=O) groups is 3. The summed E-state index contributed by atoms with van der Waals surface area (Å²) >= 11 is 4.05. The molecule has 0 bridgehead atoms. The van der Waals surface area contributed by atoms with Crippen molar-refractivity contribution < 1.29 is 24.3 Å². The number of aromatic nitrogens is 4. The normalized spacial score (nSPS) is 19.0. The van der Waals surface area contributed by atoms with Crippen molar-refractivity contribution in [3.8, 4) is 5.75 Å². The molecule has 3 aromatic rings. The Morgan fingerprint density at radius 2 is 2.11 bits per heavy atom. The maximum atomic E-state index is 13.2. The molecule has 38 heavy (non-hydrogen) atoms. The number of carboxylic acid groups (broad SMARTS) is 1. The van der Waals surface area contributed by atoms with Gasteiger partial charge in [-0.3, -0.25) is 14.5 Å². The van der Waals surface area contributed by atoms with E-state index in [1.165, 1.54) is 52.0 Å². The lowest BCUT2D eigenvalue weighted by Gasteiger charge is -2.49. The Hall–Kier alpha value is -4.02. The predicted molar refractivity (Wildman–Crippen MR) is 140 cm³/mol. The van der Waals surface area contributed by atoms with Gasteiger partial charge in [0.15, 0.2) is 15.9 Å². The summed E-state index contributed by atoms with van der Waals surface area (Å²) < 4.78 is 0.697. The average Bonchev–Trinajstić information content (AvgIpc) is 3.44. The first-order valence-corrected chi connectivity index (χ1v) is 13.8. The van der Waals surface area contributed by atoms with E-state index in [2.05, 4.69) is 30.6 Å². The number of nitrogen functional groups attached to an aromatic ring is 1. The van der Waals surface area contributed by atoms with Crippen molar-refractivity contribution in [2.24, 2.45) is 5.16 Å². The Bertz CT molecular complexity index is 1430. The summed E-state index contributed by atoms with van der Waals surface area (Å²) in [4.78, 5) is 53.1. The monoisotopic (exact) mass is 570 g/mol. The topological polar surface area (TPSA) is 186 Å². The van der Waals surface area contributed by atoms with Crippen LogP contribution in [0.5, 0.6) is 5.75 Å². The lowest BCUT2D eigenvalue weighted by Crippen LogP contribution is -2.71. The Labute approximate surface area is 227 Å². The number of amides is 2. The number of fused-ring (bicyclic) bond motifs is 1. The number of oxime groups is 1. The predicted octanol–water partition coefficient (Wildman–Crippen LogP) is 1.22. The third kappa shape index (κ3) is 5.32. The molecule has 0 aliphatic carbocycles. The van der Waals surface area contributed by atoms with Crippen LogP contribution in [0.4, 0.5) is 5.82 Å². The molecule has 2 amide bonds. The summed E-state index contributed by atoms with van der Waals surface area (Å²) in [5.74, 6) is -1.45. The minimum Gasteiger partial charge on any atom is -0.477 e.